The second-order valence-corrected chi connectivity index (χ2v) is 8.07. The van der Waals surface area contributed by atoms with E-state index in [4.69, 9.17) is 4.74 Å². The molecule has 4 rings (SSSR count). The van der Waals surface area contributed by atoms with Crippen molar-refractivity contribution < 1.29 is 9.84 Å². The molecule has 5 heteroatoms. The van der Waals surface area contributed by atoms with Gasteiger partial charge < -0.3 is 9.84 Å². The van der Waals surface area contributed by atoms with Gasteiger partial charge in [0.25, 0.3) is 0 Å². The maximum Gasteiger partial charge on any atom is 0.148 e. The number of hydrogen-bond donors (Lipinski definition) is 1. The van der Waals surface area contributed by atoms with E-state index in [1.807, 2.05) is 51.1 Å². The van der Waals surface area contributed by atoms with Crippen molar-refractivity contribution in [1.82, 2.24) is 10.2 Å². The third-order valence-corrected chi connectivity index (χ3v) is 5.75. The van der Waals surface area contributed by atoms with Gasteiger partial charge in [-0.25, -0.2) is 0 Å². The van der Waals surface area contributed by atoms with E-state index in [1.165, 1.54) is 5.56 Å². The van der Waals surface area contributed by atoms with Crippen LogP contribution < -0.4 is 4.74 Å². The van der Waals surface area contributed by atoms with Gasteiger partial charge in [0, 0.05) is 11.1 Å². The zero-order chi connectivity index (χ0) is 19.7. The molecule has 0 spiro atoms. The van der Waals surface area contributed by atoms with Gasteiger partial charge in [0.1, 0.15) is 15.8 Å². The van der Waals surface area contributed by atoms with E-state index in [0.29, 0.717) is 0 Å². The fourth-order valence-corrected chi connectivity index (χ4v) is 4.43. The Hall–Kier alpha value is -2.68. The van der Waals surface area contributed by atoms with Crippen molar-refractivity contribution in [3.63, 3.8) is 0 Å². The predicted octanol–water partition coefficient (Wildman–Crippen LogP) is 5.01. The highest BCUT2D eigenvalue weighted by molar-refractivity contribution is 7.17. The van der Waals surface area contributed by atoms with Gasteiger partial charge in [-0.2, -0.15) is 0 Å². The van der Waals surface area contributed by atoms with Crippen LogP contribution in [0.2, 0.25) is 0 Å². The number of aromatic nitrogens is 2. The van der Waals surface area contributed by atoms with Crippen molar-refractivity contribution in [2.24, 2.45) is 0 Å². The summed E-state index contributed by atoms with van der Waals surface area (Å²) >= 11 is 1.56. The third-order valence-electron chi connectivity index (χ3n) is 4.74. The van der Waals surface area contributed by atoms with E-state index < -0.39 is 0 Å². The minimum atomic E-state index is -0.369. The molecule has 3 aromatic rings. The molecule has 1 atom stereocenters. The van der Waals surface area contributed by atoms with Gasteiger partial charge in [0.2, 0.25) is 0 Å². The normalized spacial score (nSPS) is 15.2. The average Bonchev–Trinajstić information content (AvgIpc) is 3.30. The first-order chi connectivity index (χ1) is 13.6. The Kier molecular flexibility index (Phi) is 5.17. The Morgan fingerprint density at radius 1 is 1.18 bits per heavy atom. The van der Waals surface area contributed by atoms with Gasteiger partial charge in [-0.15, -0.1) is 16.1 Å². The number of nitrogens with zero attached hydrogens (tertiary/aromatic N) is 2. The minimum absolute atomic E-state index is 0.0897. The molecule has 1 N–H and O–H groups in total. The van der Waals surface area contributed by atoms with Gasteiger partial charge in [-0.1, -0.05) is 35.5 Å². The van der Waals surface area contributed by atoms with E-state index in [0.717, 1.165) is 50.9 Å². The van der Waals surface area contributed by atoms with Crippen molar-refractivity contribution in [1.29, 1.82) is 0 Å². The van der Waals surface area contributed by atoms with Crippen LogP contribution in [0.5, 0.6) is 5.75 Å². The quantitative estimate of drug-likeness (QED) is 0.636. The lowest BCUT2D eigenvalue weighted by Crippen LogP contribution is -2.06. The SMILES string of the molecule is CC#Cc1cc(-c2nnc(-c3cccc4c3CCC4O)s2)ccc1OC(C)C. The first-order valence-corrected chi connectivity index (χ1v) is 10.3. The summed E-state index contributed by atoms with van der Waals surface area (Å²) < 4.78 is 5.86. The summed E-state index contributed by atoms with van der Waals surface area (Å²) in [7, 11) is 0. The average molecular weight is 391 g/mol. The van der Waals surface area contributed by atoms with Crippen LogP contribution in [0.4, 0.5) is 0 Å². The lowest BCUT2D eigenvalue weighted by atomic mass is 10.0. The van der Waals surface area contributed by atoms with Crippen LogP contribution in [-0.4, -0.2) is 21.4 Å². The van der Waals surface area contributed by atoms with Crippen molar-refractivity contribution in [2.75, 3.05) is 0 Å². The third kappa shape index (κ3) is 3.54. The largest absolute Gasteiger partial charge is 0.490 e. The molecule has 0 radical (unpaired) electrons. The summed E-state index contributed by atoms with van der Waals surface area (Å²) in [5.41, 5.74) is 5.12. The van der Waals surface area contributed by atoms with Crippen LogP contribution in [0, 0.1) is 11.8 Å². The molecule has 0 saturated carbocycles. The molecule has 0 aliphatic heterocycles. The molecule has 0 bridgehead atoms. The van der Waals surface area contributed by atoms with E-state index in [1.54, 1.807) is 11.3 Å². The highest BCUT2D eigenvalue weighted by atomic mass is 32.1. The summed E-state index contributed by atoms with van der Waals surface area (Å²) in [5.74, 6) is 6.86. The molecule has 0 amide bonds. The molecule has 28 heavy (non-hydrogen) atoms. The summed E-state index contributed by atoms with van der Waals surface area (Å²) in [5, 5.41) is 20.7. The fraction of sp³-hybridized carbons (Fsp3) is 0.304. The molecule has 4 nitrogen and oxygen atoms in total. The monoisotopic (exact) mass is 390 g/mol. The molecule has 1 aliphatic carbocycles. The molecule has 0 fully saturated rings. The Bertz CT molecular complexity index is 1080. The van der Waals surface area contributed by atoms with E-state index in [9.17, 15) is 5.11 Å². The van der Waals surface area contributed by atoms with Gasteiger partial charge in [-0.3, -0.25) is 0 Å². The molecule has 1 unspecified atom stereocenters. The molecular weight excluding hydrogens is 368 g/mol. The van der Waals surface area contributed by atoms with Crippen LogP contribution >= 0.6 is 11.3 Å². The number of fused-ring (bicyclic) bond motifs is 1. The molecular formula is C23H22N2O2S. The fourth-order valence-electron chi connectivity index (χ4n) is 3.53. The number of benzene rings is 2. The minimum Gasteiger partial charge on any atom is -0.490 e. The summed E-state index contributed by atoms with van der Waals surface area (Å²) in [4.78, 5) is 0. The second-order valence-electron chi connectivity index (χ2n) is 7.09. The molecule has 1 aromatic heterocycles. The van der Waals surface area contributed by atoms with Crippen LogP contribution in [0.25, 0.3) is 21.1 Å². The van der Waals surface area contributed by atoms with E-state index >= 15 is 0 Å². The zero-order valence-corrected chi connectivity index (χ0v) is 17.0. The van der Waals surface area contributed by atoms with Gasteiger partial charge in [0.15, 0.2) is 0 Å². The van der Waals surface area contributed by atoms with Crippen LogP contribution in [0.1, 0.15) is 50.0 Å². The lowest BCUT2D eigenvalue weighted by Gasteiger charge is -2.12. The van der Waals surface area contributed by atoms with Crippen LogP contribution in [0.3, 0.4) is 0 Å². The first kappa shape index (κ1) is 18.7. The highest BCUT2D eigenvalue weighted by Gasteiger charge is 2.24. The van der Waals surface area contributed by atoms with Gasteiger partial charge in [0.05, 0.1) is 17.8 Å². The number of aliphatic hydroxyl groups excluding tert-OH is 1. The van der Waals surface area contributed by atoms with Gasteiger partial charge in [-0.05, 0) is 62.9 Å². The second kappa shape index (κ2) is 7.75. The standard InChI is InChI=1S/C23H22N2O2S/c1-4-6-15-13-16(9-12-21(15)27-14(2)3)22-24-25-23(28-22)19-8-5-7-18-17(19)10-11-20(18)26/h5,7-9,12-14,20,26H,10-11H2,1-3H3. The Morgan fingerprint density at radius 2 is 2.00 bits per heavy atom. The van der Waals surface area contributed by atoms with Crippen molar-refractivity contribution in [2.45, 2.75) is 45.8 Å². The Balaban J connectivity index is 1.70. The smallest absolute Gasteiger partial charge is 0.148 e. The Labute approximate surface area is 169 Å². The number of ether oxygens (including phenoxy) is 1. The van der Waals surface area contributed by atoms with E-state index in [-0.39, 0.29) is 12.2 Å². The summed E-state index contributed by atoms with van der Waals surface area (Å²) in [6.45, 7) is 5.83. The Morgan fingerprint density at radius 3 is 2.79 bits per heavy atom. The number of aliphatic hydroxyl groups is 1. The molecule has 2 aromatic carbocycles. The van der Waals surface area contributed by atoms with E-state index in [2.05, 4.69) is 28.1 Å². The summed E-state index contributed by atoms with van der Waals surface area (Å²) in [6.07, 6.45) is 1.37. The van der Waals surface area contributed by atoms with Crippen LogP contribution in [0.15, 0.2) is 36.4 Å². The lowest BCUT2D eigenvalue weighted by molar-refractivity contribution is 0.180. The van der Waals surface area contributed by atoms with Crippen LogP contribution in [-0.2, 0) is 6.42 Å². The van der Waals surface area contributed by atoms with Gasteiger partial charge >= 0.3 is 0 Å². The molecule has 1 heterocycles. The zero-order valence-electron chi connectivity index (χ0n) is 16.2. The highest BCUT2D eigenvalue weighted by Crippen LogP contribution is 2.40. The maximum absolute atomic E-state index is 10.1. The number of rotatable bonds is 4. The predicted molar refractivity (Wildman–Crippen MR) is 112 cm³/mol. The van der Waals surface area contributed by atoms with Crippen molar-refractivity contribution in [3.05, 3.63) is 53.1 Å². The molecule has 1 aliphatic rings. The number of hydrogen-bond acceptors (Lipinski definition) is 5. The topological polar surface area (TPSA) is 55.2 Å². The maximum atomic E-state index is 10.1. The molecule has 142 valence electrons. The van der Waals surface area contributed by atoms with Crippen molar-refractivity contribution >= 4 is 11.3 Å². The van der Waals surface area contributed by atoms with Crippen molar-refractivity contribution in [3.8, 4) is 38.7 Å². The first-order valence-electron chi connectivity index (χ1n) is 9.44. The summed E-state index contributed by atoms with van der Waals surface area (Å²) in [6, 6.07) is 12.0. The molecule has 0 saturated heterocycles.